The summed E-state index contributed by atoms with van der Waals surface area (Å²) in [6.45, 7) is -0.760. The highest BCUT2D eigenvalue weighted by molar-refractivity contribution is 7.12. The average molecular weight is 222 g/mol. The van der Waals surface area contributed by atoms with Crippen LogP contribution in [0.3, 0.4) is 0 Å². The van der Waals surface area contributed by atoms with Crippen LogP contribution in [0, 0.1) is 0 Å². The molecule has 1 rings (SSSR count). The minimum Gasteiger partial charge on any atom is -0.477 e. The minimum atomic E-state index is -2.53. The number of alkyl halides is 2. The lowest BCUT2D eigenvalue weighted by atomic mass is 10.3. The van der Waals surface area contributed by atoms with Gasteiger partial charge in [0.05, 0.1) is 6.61 Å². The number of hydrogen-bond donors (Lipinski definition) is 1. The first-order chi connectivity index (χ1) is 6.61. The Morgan fingerprint density at radius 2 is 2.36 bits per heavy atom. The molecule has 0 amide bonds. The molecule has 0 bridgehead atoms. The van der Waals surface area contributed by atoms with Crippen LogP contribution in [-0.4, -0.2) is 24.1 Å². The summed E-state index contributed by atoms with van der Waals surface area (Å²) in [5.74, 6) is -1.06. The molecule has 0 fully saturated rings. The van der Waals surface area contributed by atoms with E-state index in [4.69, 9.17) is 5.11 Å². The van der Waals surface area contributed by atoms with Crippen molar-refractivity contribution in [1.82, 2.24) is 0 Å². The number of rotatable bonds is 5. The van der Waals surface area contributed by atoms with Gasteiger partial charge in [0.2, 0.25) is 0 Å². The first kappa shape index (κ1) is 11.1. The van der Waals surface area contributed by atoms with Crippen molar-refractivity contribution in [1.29, 1.82) is 0 Å². The molecule has 78 valence electrons. The third kappa shape index (κ3) is 3.04. The monoisotopic (exact) mass is 222 g/mol. The molecule has 0 saturated carbocycles. The molecule has 3 nitrogen and oxygen atoms in total. The van der Waals surface area contributed by atoms with Crippen molar-refractivity contribution in [3.05, 3.63) is 21.9 Å². The van der Waals surface area contributed by atoms with Crippen molar-refractivity contribution in [2.75, 3.05) is 6.61 Å². The van der Waals surface area contributed by atoms with E-state index in [1.54, 1.807) is 11.4 Å². The van der Waals surface area contributed by atoms with Crippen molar-refractivity contribution in [3.8, 4) is 0 Å². The van der Waals surface area contributed by atoms with E-state index in [1.165, 1.54) is 0 Å². The molecule has 0 aliphatic rings. The summed E-state index contributed by atoms with van der Waals surface area (Å²) < 4.78 is 28.0. The maximum atomic E-state index is 11.7. The van der Waals surface area contributed by atoms with Crippen LogP contribution in [-0.2, 0) is 11.3 Å². The number of thiophene rings is 1. The maximum absolute atomic E-state index is 11.7. The van der Waals surface area contributed by atoms with Crippen LogP contribution in [0.5, 0.6) is 0 Å². The first-order valence-electron chi connectivity index (χ1n) is 3.77. The van der Waals surface area contributed by atoms with E-state index in [0.29, 0.717) is 5.56 Å². The standard InChI is InChI=1S/C8H8F2O3S/c9-6(10)4-13-3-5-1-2-14-7(5)8(11)12/h1-2,6H,3-4H2,(H,11,12). The summed E-state index contributed by atoms with van der Waals surface area (Å²) in [4.78, 5) is 10.7. The van der Waals surface area contributed by atoms with Gasteiger partial charge in [-0.25, -0.2) is 13.6 Å². The zero-order chi connectivity index (χ0) is 10.6. The van der Waals surface area contributed by atoms with Gasteiger partial charge in [0.1, 0.15) is 11.5 Å². The third-order valence-corrected chi connectivity index (χ3v) is 2.39. The van der Waals surface area contributed by atoms with Crippen LogP contribution in [0.2, 0.25) is 0 Å². The summed E-state index contributed by atoms with van der Waals surface area (Å²) in [7, 11) is 0. The summed E-state index contributed by atoms with van der Waals surface area (Å²) in [5, 5.41) is 10.3. The fourth-order valence-corrected chi connectivity index (χ4v) is 1.64. The zero-order valence-corrected chi connectivity index (χ0v) is 7.89. The molecule has 0 atom stereocenters. The number of halogens is 2. The SMILES string of the molecule is O=C(O)c1sccc1COCC(F)F. The van der Waals surface area contributed by atoms with Gasteiger partial charge in [0.15, 0.2) is 0 Å². The highest BCUT2D eigenvalue weighted by Gasteiger charge is 2.12. The molecule has 1 N–H and O–H groups in total. The topological polar surface area (TPSA) is 46.5 Å². The molecule has 1 aromatic rings. The lowest BCUT2D eigenvalue weighted by Gasteiger charge is -2.02. The summed E-state index contributed by atoms with van der Waals surface area (Å²) in [6, 6.07) is 1.56. The molecule has 1 heterocycles. The van der Waals surface area contributed by atoms with Crippen LogP contribution < -0.4 is 0 Å². The zero-order valence-electron chi connectivity index (χ0n) is 7.07. The van der Waals surface area contributed by atoms with E-state index in [1.807, 2.05) is 0 Å². The van der Waals surface area contributed by atoms with Crippen LogP contribution in [0.4, 0.5) is 8.78 Å². The number of hydrogen-bond acceptors (Lipinski definition) is 3. The van der Waals surface area contributed by atoms with Crippen LogP contribution in [0.15, 0.2) is 11.4 Å². The smallest absolute Gasteiger partial charge is 0.346 e. The molecular formula is C8H8F2O3S. The Morgan fingerprint density at radius 1 is 1.64 bits per heavy atom. The van der Waals surface area contributed by atoms with Gasteiger partial charge in [-0.2, -0.15) is 0 Å². The van der Waals surface area contributed by atoms with E-state index in [9.17, 15) is 13.6 Å². The fourth-order valence-electron chi connectivity index (χ4n) is 0.895. The van der Waals surface area contributed by atoms with Crippen molar-refractivity contribution in [2.45, 2.75) is 13.0 Å². The number of ether oxygens (including phenoxy) is 1. The molecule has 0 saturated heterocycles. The van der Waals surface area contributed by atoms with E-state index in [-0.39, 0.29) is 11.5 Å². The molecule has 14 heavy (non-hydrogen) atoms. The maximum Gasteiger partial charge on any atom is 0.346 e. The Bertz CT molecular complexity index is 311. The van der Waals surface area contributed by atoms with Crippen molar-refractivity contribution >= 4 is 17.3 Å². The van der Waals surface area contributed by atoms with E-state index in [2.05, 4.69) is 4.74 Å². The largest absolute Gasteiger partial charge is 0.477 e. The Balaban J connectivity index is 2.50. The van der Waals surface area contributed by atoms with Gasteiger partial charge in [-0.3, -0.25) is 0 Å². The van der Waals surface area contributed by atoms with Gasteiger partial charge in [-0.05, 0) is 11.4 Å². The Labute approximate surface area is 82.9 Å². The van der Waals surface area contributed by atoms with Crippen molar-refractivity contribution in [3.63, 3.8) is 0 Å². The number of carbonyl (C=O) groups is 1. The van der Waals surface area contributed by atoms with Gasteiger partial charge in [-0.1, -0.05) is 0 Å². The Morgan fingerprint density at radius 3 is 2.93 bits per heavy atom. The predicted molar refractivity (Wildman–Crippen MR) is 46.9 cm³/mol. The van der Waals surface area contributed by atoms with Crippen LogP contribution in [0.1, 0.15) is 15.2 Å². The molecule has 6 heteroatoms. The molecule has 0 spiro atoms. The van der Waals surface area contributed by atoms with Crippen LogP contribution >= 0.6 is 11.3 Å². The second kappa shape index (κ2) is 5.02. The van der Waals surface area contributed by atoms with E-state index < -0.39 is 19.0 Å². The van der Waals surface area contributed by atoms with Gasteiger partial charge >= 0.3 is 5.97 Å². The van der Waals surface area contributed by atoms with Gasteiger partial charge in [0.25, 0.3) is 6.43 Å². The van der Waals surface area contributed by atoms with Gasteiger partial charge in [-0.15, -0.1) is 11.3 Å². The summed E-state index contributed by atoms with van der Waals surface area (Å²) >= 11 is 1.05. The second-order valence-electron chi connectivity index (χ2n) is 2.49. The molecule has 0 aliphatic heterocycles. The van der Waals surface area contributed by atoms with Crippen molar-refractivity contribution in [2.24, 2.45) is 0 Å². The summed E-state index contributed by atoms with van der Waals surface area (Å²) in [5.41, 5.74) is 0.433. The van der Waals surface area contributed by atoms with E-state index in [0.717, 1.165) is 11.3 Å². The van der Waals surface area contributed by atoms with E-state index >= 15 is 0 Å². The molecule has 1 aromatic heterocycles. The Hall–Kier alpha value is -1.01. The molecule has 0 aromatic carbocycles. The summed E-state index contributed by atoms with van der Waals surface area (Å²) in [6.07, 6.45) is -2.53. The minimum absolute atomic E-state index is 0.0878. The first-order valence-corrected chi connectivity index (χ1v) is 4.64. The molecule has 0 unspecified atom stereocenters. The number of carboxylic acid groups (broad SMARTS) is 1. The molecular weight excluding hydrogens is 214 g/mol. The van der Waals surface area contributed by atoms with Gasteiger partial charge in [0, 0.05) is 5.56 Å². The number of carboxylic acids is 1. The van der Waals surface area contributed by atoms with Gasteiger partial charge < -0.3 is 9.84 Å². The lowest BCUT2D eigenvalue weighted by Crippen LogP contribution is -2.06. The normalized spacial score (nSPS) is 10.8. The highest BCUT2D eigenvalue weighted by atomic mass is 32.1. The second-order valence-corrected chi connectivity index (χ2v) is 3.40. The average Bonchev–Trinajstić information content (AvgIpc) is 2.51. The third-order valence-electron chi connectivity index (χ3n) is 1.44. The predicted octanol–water partition coefficient (Wildman–Crippen LogP) is 2.23. The van der Waals surface area contributed by atoms with Crippen molar-refractivity contribution < 1.29 is 23.4 Å². The lowest BCUT2D eigenvalue weighted by molar-refractivity contribution is 0.00970. The quantitative estimate of drug-likeness (QED) is 0.830. The van der Waals surface area contributed by atoms with Crippen LogP contribution in [0.25, 0.3) is 0 Å². The Kier molecular flexibility index (Phi) is 3.97. The molecule has 0 aliphatic carbocycles. The number of aromatic carboxylic acids is 1. The fraction of sp³-hybridized carbons (Fsp3) is 0.375. The highest BCUT2D eigenvalue weighted by Crippen LogP contribution is 2.17. The molecule has 0 radical (unpaired) electrons.